The molecule has 3 N–H and O–H groups in total. The van der Waals surface area contributed by atoms with E-state index in [4.69, 9.17) is 5.73 Å². The molecule has 0 amide bonds. The normalized spacial score (nSPS) is 10.1. The summed E-state index contributed by atoms with van der Waals surface area (Å²) in [6.07, 6.45) is 4.87. The van der Waals surface area contributed by atoms with Gasteiger partial charge in [0.2, 0.25) is 0 Å². The summed E-state index contributed by atoms with van der Waals surface area (Å²) in [4.78, 5) is 12.7. The van der Waals surface area contributed by atoms with E-state index in [-0.39, 0.29) is 0 Å². The number of nitrogen functional groups attached to an aromatic ring is 1. The van der Waals surface area contributed by atoms with E-state index >= 15 is 0 Å². The smallest absolute Gasteiger partial charge is 0.163 e. The zero-order valence-electron chi connectivity index (χ0n) is 12.5. The molecule has 23 heavy (non-hydrogen) atoms. The van der Waals surface area contributed by atoms with Crippen molar-refractivity contribution in [2.75, 3.05) is 11.1 Å². The number of nitrogens with zero attached hydrogens (tertiary/aromatic N) is 4. The average Bonchev–Trinajstić information content (AvgIpc) is 2.58. The van der Waals surface area contributed by atoms with Crippen LogP contribution in [0.2, 0.25) is 0 Å². The minimum atomic E-state index is 0.369. The van der Waals surface area contributed by atoms with Crippen molar-refractivity contribution in [1.82, 2.24) is 15.0 Å². The first-order valence-electron chi connectivity index (χ1n) is 6.98. The van der Waals surface area contributed by atoms with E-state index in [0.29, 0.717) is 22.9 Å². The highest BCUT2D eigenvalue weighted by molar-refractivity contribution is 5.69. The first-order chi connectivity index (χ1) is 11.2. The molecule has 3 aromatic rings. The number of hydrogen-bond donors (Lipinski definition) is 2. The third-order valence-corrected chi connectivity index (χ3v) is 3.33. The molecule has 0 spiro atoms. The number of anilines is 3. The van der Waals surface area contributed by atoms with Crippen molar-refractivity contribution in [3.8, 4) is 17.5 Å². The van der Waals surface area contributed by atoms with E-state index in [2.05, 4.69) is 26.3 Å². The summed E-state index contributed by atoms with van der Waals surface area (Å²) in [5, 5.41) is 12.4. The molecule has 0 unspecified atom stereocenters. The number of nitrogens with one attached hydrogen (secondary N) is 1. The lowest BCUT2D eigenvalue weighted by Gasteiger charge is -2.11. The maximum Gasteiger partial charge on any atom is 0.163 e. The Kier molecular flexibility index (Phi) is 3.85. The molecule has 0 radical (unpaired) electrons. The summed E-state index contributed by atoms with van der Waals surface area (Å²) < 4.78 is 0. The maximum atomic E-state index is 9.27. The average molecular weight is 302 g/mol. The van der Waals surface area contributed by atoms with Gasteiger partial charge in [-0.2, -0.15) is 5.26 Å². The highest BCUT2D eigenvalue weighted by Gasteiger charge is 2.10. The minimum Gasteiger partial charge on any atom is -0.399 e. The molecule has 1 aromatic carbocycles. The molecule has 0 aliphatic heterocycles. The standard InChI is InChI=1S/C17H14N6/c1-11-7-14(19)4-5-15(11)22-17-13(8-18)10-21-16(23-17)12-3-2-6-20-9-12/h2-7,9-10H,19H2,1H3,(H,21,22,23). The summed E-state index contributed by atoms with van der Waals surface area (Å²) in [5.74, 6) is 0.960. The molecule has 0 aliphatic carbocycles. The predicted molar refractivity (Wildman–Crippen MR) is 88.9 cm³/mol. The maximum absolute atomic E-state index is 9.27. The molecular formula is C17H14N6. The van der Waals surface area contributed by atoms with Crippen LogP contribution in [0.15, 0.2) is 48.9 Å². The summed E-state index contributed by atoms with van der Waals surface area (Å²) >= 11 is 0. The number of rotatable bonds is 3. The Bertz CT molecular complexity index is 883. The second-order valence-corrected chi connectivity index (χ2v) is 5.01. The van der Waals surface area contributed by atoms with E-state index in [0.717, 1.165) is 16.8 Å². The van der Waals surface area contributed by atoms with Gasteiger partial charge in [-0.3, -0.25) is 4.98 Å². The summed E-state index contributed by atoms with van der Waals surface area (Å²) in [6.45, 7) is 1.94. The van der Waals surface area contributed by atoms with Crippen molar-refractivity contribution >= 4 is 17.2 Å². The lowest BCUT2D eigenvalue weighted by molar-refractivity contribution is 1.15. The number of hydrogen-bond acceptors (Lipinski definition) is 6. The topological polar surface area (TPSA) is 101 Å². The Hall–Kier alpha value is -3.46. The molecular weight excluding hydrogens is 288 g/mol. The highest BCUT2D eigenvalue weighted by atomic mass is 15.0. The van der Waals surface area contributed by atoms with Crippen molar-refractivity contribution < 1.29 is 0 Å². The zero-order chi connectivity index (χ0) is 16.2. The lowest BCUT2D eigenvalue weighted by atomic mass is 10.1. The quantitative estimate of drug-likeness (QED) is 0.721. The molecule has 2 aromatic heterocycles. The number of aryl methyl sites for hydroxylation is 1. The van der Waals surface area contributed by atoms with Gasteiger partial charge in [-0.05, 0) is 42.8 Å². The van der Waals surface area contributed by atoms with Gasteiger partial charge in [0.25, 0.3) is 0 Å². The Balaban J connectivity index is 2.02. The van der Waals surface area contributed by atoms with Crippen LogP contribution in [-0.2, 0) is 0 Å². The van der Waals surface area contributed by atoms with Crippen molar-refractivity contribution in [1.29, 1.82) is 5.26 Å². The van der Waals surface area contributed by atoms with Gasteiger partial charge in [0.1, 0.15) is 11.6 Å². The van der Waals surface area contributed by atoms with Crippen LogP contribution in [0.3, 0.4) is 0 Å². The minimum absolute atomic E-state index is 0.369. The second kappa shape index (κ2) is 6.12. The molecule has 3 rings (SSSR count). The molecule has 0 saturated carbocycles. The van der Waals surface area contributed by atoms with Crippen LogP contribution in [0.25, 0.3) is 11.4 Å². The predicted octanol–water partition coefficient (Wildman–Crippen LogP) is 3.04. The third kappa shape index (κ3) is 3.09. The van der Waals surface area contributed by atoms with Crippen LogP contribution in [0.4, 0.5) is 17.2 Å². The van der Waals surface area contributed by atoms with Gasteiger partial charge in [-0.25, -0.2) is 9.97 Å². The Morgan fingerprint density at radius 3 is 2.78 bits per heavy atom. The molecule has 0 aliphatic rings. The molecule has 0 atom stereocenters. The SMILES string of the molecule is Cc1cc(N)ccc1Nc1nc(-c2cccnc2)ncc1C#N. The van der Waals surface area contributed by atoms with Gasteiger partial charge >= 0.3 is 0 Å². The fourth-order valence-corrected chi connectivity index (χ4v) is 2.15. The van der Waals surface area contributed by atoms with Gasteiger partial charge in [0.05, 0.1) is 6.20 Å². The van der Waals surface area contributed by atoms with Crippen LogP contribution in [0.5, 0.6) is 0 Å². The van der Waals surface area contributed by atoms with Crippen molar-refractivity contribution in [3.63, 3.8) is 0 Å². The van der Waals surface area contributed by atoms with Crippen LogP contribution >= 0.6 is 0 Å². The fourth-order valence-electron chi connectivity index (χ4n) is 2.15. The lowest BCUT2D eigenvalue weighted by Crippen LogP contribution is -2.02. The van der Waals surface area contributed by atoms with E-state index in [9.17, 15) is 5.26 Å². The number of aromatic nitrogens is 3. The molecule has 112 valence electrons. The van der Waals surface area contributed by atoms with Gasteiger partial charge in [-0.1, -0.05) is 0 Å². The van der Waals surface area contributed by atoms with Gasteiger partial charge in [0, 0.05) is 29.3 Å². The summed E-state index contributed by atoms with van der Waals surface area (Å²) in [7, 11) is 0. The Morgan fingerprint density at radius 2 is 2.09 bits per heavy atom. The number of pyridine rings is 1. The van der Waals surface area contributed by atoms with Gasteiger partial charge in [0.15, 0.2) is 11.6 Å². The number of nitriles is 1. The number of benzene rings is 1. The Labute approximate surface area is 133 Å². The molecule has 0 fully saturated rings. The van der Waals surface area contributed by atoms with E-state index in [1.807, 2.05) is 31.2 Å². The molecule has 2 heterocycles. The zero-order valence-corrected chi connectivity index (χ0v) is 12.5. The van der Waals surface area contributed by atoms with E-state index in [1.54, 1.807) is 18.5 Å². The van der Waals surface area contributed by atoms with E-state index < -0.39 is 0 Å². The van der Waals surface area contributed by atoms with Crippen LogP contribution in [-0.4, -0.2) is 15.0 Å². The monoisotopic (exact) mass is 302 g/mol. The van der Waals surface area contributed by atoms with Crippen molar-refractivity contribution in [3.05, 3.63) is 60.0 Å². The molecule has 6 nitrogen and oxygen atoms in total. The first kappa shape index (κ1) is 14.5. The molecule has 6 heteroatoms. The first-order valence-corrected chi connectivity index (χ1v) is 6.98. The van der Waals surface area contributed by atoms with Crippen LogP contribution in [0.1, 0.15) is 11.1 Å². The van der Waals surface area contributed by atoms with Crippen molar-refractivity contribution in [2.45, 2.75) is 6.92 Å². The van der Waals surface area contributed by atoms with Crippen LogP contribution < -0.4 is 11.1 Å². The van der Waals surface area contributed by atoms with Crippen LogP contribution in [0, 0.1) is 18.3 Å². The molecule has 0 bridgehead atoms. The summed E-state index contributed by atoms with van der Waals surface area (Å²) in [6, 6.07) is 11.3. The van der Waals surface area contributed by atoms with Gasteiger partial charge < -0.3 is 11.1 Å². The number of nitrogens with two attached hydrogens (primary N) is 1. The second-order valence-electron chi connectivity index (χ2n) is 5.01. The molecule has 0 saturated heterocycles. The Morgan fingerprint density at radius 1 is 1.22 bits per heavy atom. The summed E-state index contributed by atoms with van der Waals surface area (Å²) in [5.41, 5.74) is 9.41. The largest absolute Gasteiger partial charge is 0.399 e. The van der Waals surface area contributed by atoms with Gasteiger partial charge in [-0.15, -0.1) is 0 Å². The van der Waals surface area contributed by atoms with Crippen molar-refractivity contribution in [2.24, 2.45) is 0 Å². The van der Waals surface area contributed by atoms with E-state index in [1.165, 1.54) is 6.20 Å². The highest BCUT2D eigenvalue weighted by Crippen LogP contribution is 2.25. The fraction of sp³-hybridized carbons (Fsp3) is 0.0588. The third-order valence-electron chi connectivity index (χ3n) is 3.33.